The second kappa shape index (κ2) is 7.76. The number of carboxylic acid groups (broad SMARTS) is 1. The van der Waals surface area contributed by atoms with E-state index in [9.17, 15) is 9.90 Å². The molecule has 1 N–H and O–H groups in total. The Bertz CT molecular complexity index is 1160. The van der Waals surface area contributed by atoms with E-state index >= 15 is 0 Å². The van der Waals surface area contributed by atoms with E-state index in [1.165, 1.54) is 0 Å². The summed E-state index contributed by atoms with van der Waals surface area (Å²) in [7, 11) is 0. The minimum absolute atomic E-state index is 0.265. The molecule has 4 nitrogen and oxygen atoms in total. The highest BCUT2D eigenvalue weighted by Crippen LogP contribution is 2.30. The van der Waals surface area contributed by atoms with E-state index in [0.717, 1.165) is 27.9 Å². The van der Waals surface area contributed by atoms with Gasteiger partial charge in [0.15, 0.2) is 0 Å². The fraction of sp³-hybridized carbons (Fsp3) is 0.120. The average molecular weight is 382 g/mol. The van der Waals surface area contributed by atoms with Crippen molar-refractivity contribution in [3.8, 4) is 28.1 Å². The van der Waals surface area contributed by atoms with Crippen LogP contribution in [0.15, 0.2) is 78.9 Å². The first kappa shape index (κ1) is 18.7. The van der Waals surface area contributed by atoms with Crippen molar-refractivity contribution in [1.82, 2.24) is 9.78 Å². The minimum Gasteiger partial charge on any atom is -0.478 e. The van der Waals surface area contributed by atoms with Crippen LogP contribution in [0.25, 0.3) is 28.1 Å². The van der Waals surface area contributed by atoms with Crippen LogP contribution in [0.3, 0.4) is 0 Å². The lowest BCUT2D eigenvalue weighted by molar-refractivity contribution is 0.0696. The molecule has 0 atom stereocenters. The number of hydrogen-bond donors (Lipinski definition) is 1. The van der Waals surface area contributed by atoms with E-state index in [-0.39, 0.29) is 5.56 Å². The number of aryl methyl sites for hydroxylation is 1. The van der Waals surface area contributed by atoms with E-state index < -0.39 is 5.97 Å². The first-order valence-electron chi connectivity index (χ1n) is 9.66. The summed E-state index contributed by atoms with van der Waals surface area (Å²) in [5.74, 6) is -0.956. The molecule has 144 valence electrons. The van der Waals surface area contributed by atoms with Crippen LogP contribution in [-0.4, -0.2) is 20.9 Å². The van der Waals surface area contributed by atoms with Gasteiger partial charge in [-0.1, -0.05) is 73.7 Å². The number of benzene rings is 3. The maximum Gasteiger partial charge on any atom is 0.339 e. The number of rotatable bonds is 5. The molecule has 0 aliphatic rings. The number of aromatic nitrogens is 2. The molecule has 0 unspecified atom stereocenters. The molecule has 0 spiro atoms. The Kier molecular flexibility index (Phi) is 5.00. The zero-order valence-electron chi connectivity index (χ0n) is 16.5. The molecule has 1 heterocycles. The molecule has 0 aliphatic heterocycles. The fourth-order valence-corrected chi connectivity index (χ4v) is 3.63. The molecule has 1 aromatic heterocycles. The molecule has 0 aliphatic carbocycles. The van der Waals surface area contributed by atoms with Gasteiger partial charge in [0.05, 0.1) is 11.4 Å². The highest BCUT2D eigenvalue weighted by Gasteiger charge is 2.24. The van der Waals surface area contributed by atoms with Crippen molar-refractivity contribution in [1.29, 1.82) is 0 Å². The van der Waals surface area contributed by atoms with Gasteiger partial charge in [-0.3, -0.25) is 0 Å². The largest absolute Gasteiger partial charge is 0.478 e. The molecule has 4 aromatic rings. The molecule has 0 fully saturated rings. The first-order chi connectivity index (χ1) is 14.1. The van der Waals surface area contributed by atoms with E-state index in [1.807, 2.05) is 80.6 Å². The van der Waals surface area contributed by atoms with Gasteiger partial charge in [0.2, 0.25) is 0 Å². The molecule has 0 amide bonds. The molecule has 3 aromatic carbocycles. The number of nitrogens with zero attached hydrogens (tertiary/aromatic N) is 2. The highest BCUT2D eigenvalue weighted by molar-refractivity contribution is 5.96. The third-order valence-corrected chi connectivity index (χ3v) is 5.04. The second-order valence-corrected chi connectivity index (χ2v) is 7.02. The molecule has 0 saturated heterocycles. The smallest absolute Gasteiger partial charge is 0.339 e. The predicted molar refractivity (Wildman–Crippen MR) is 116 cm³/mol. The van der Waals surface area contributed by atoms with Gasteiger partial charge in [0.25, 0.3) is 0 Å². The van der Waals surface area contributed by atoms with Crippen LogP contribution >= 0.6 is 0 Å². The standard InChI is InChI=1S/C25H22N2O2/c1-3-22-23(25(28)29)24(26-27(22)21-11-7-8-17(2)16-21)20-14-12-19(13-15-20)18-9-5-4-6-10-18/h4-16H,3H2,1-2H3,(H,28,29). The van der Waals surface area contributed by atoms with Gasteiger partial charge in [-0.2, -0.15) is 5.10 Å². The highest BCUT2D eigenvalue weighted by atomic mass is 16.4. The van der Waals surface area contributed by atoms with Crippen LogP contribution in [0.4, 0.5) is 0 Å². The Morgan fingerprint density at radius 2 is 1.55 bits per heavy atom. The summed E-state index contributed by atoms with van der Waals surface area (Å²) in [4.78, 5) is 12.1. The third-order valence-electron chi connectivity index (χ3n) is 5.04. The van der Waals surface area contributed by atoms with Crippen LogP contribution in [0.1, 0.15) is 28.5 Å². The monoisotopic (exact) mass is 382 g/mol. The summed E-state index contributed by atoms with van der Waals surface area (Å²) < 4.78 is 1.76. The molecule has 4 rings (SSSR count). The Hall–Kier alpha value is -3.66. The lowest BCUT2D eigenvalue weighted by Gasteiger charge is -2.07. The molecule has 29 heavy (non-hydrogen) atoms. The quantitative estimate of drug-likeness (QED) is 0.476. The molecular formula is C25H22N2O2. The first-order valence-corrected chi connectivity index (χ1v) is 9.66. The average Bonchev–Trinajstić information content (AvgIpc) is 3.14. The van der Waals surface area contributed by atoms with Crippen molar-refractivity contribution < 1.29 is 9.90 Å². The Morgan fingerprint density at radius 3 is 2.17 bits per heavy atom. The van der Waals surface area contributed by atoms with Gasteiger partial charge >= 0.3 is 5.97 Å². The zero-order valence-corrected chi connectivity index (χ0v) is 16.5. The molecular weight excluding hydrogens is 360 g/mol. The van der Waals surface area contributed by atoms with E-state index in [2.05, 4.69) is 12.1 Å². The Balaban J connectivity index is 1.84. The van der Waals surface area contributed by atoms with Crippen molar-refractivity contribution in [3.63, 3.8) is 0 Å². The van der Waals surface area contributed by atoms with Crippen molar-refractivity contribution in [2.75, 3.05) is 0 Å². The van der Waals surface area contributed by atoms with Gasteiger partial charge in [-0.05, 0) is 42.2 Å². The number of hydrogen-bond acceptors (Lipinski definition) is 2. The zero-order chi connectivity index (χ0) is 20.4. The second-order valence-electron chi connectivity index (χ2n) is 7.02. The fourth-order valence-electron chi connectivity index (χ4n) is 3.63. The molecule has 0 bridgehead atoms. The molecule has 0 saturated carbocycles. The summed E-state index contributed by atoms with van der Waals surface area (Å²) in [6.07, 6.45) is 0.574. The van der Waals surface area contributed by atoms with Crippen LogP contribution in [0.5, 0.6) is 0 Å². The van der Waals surface area contributed by atoms with Gasteiger partial charge in [0, 0.05) is 5.56 Å². The van der Waals surface area contributed by atoms with Crippen molar-refractivity contribution >= 4 is 5.97 Å². The van der Waals surface area contributed by atoms with Crippen molar-refractivity contribution in [2.45, 2.75) is 20.3 Å². The van der Waals surface area contributed by atoms with Gasteiger partial charge < -0.3 is 5.11 Å². The number of aromatic carboxylic acids is 1. The van der Waals surface area contributed by atoms with Gasteiger partial charge in [-0.15, -0.1) is 0 Å². The number of carbonyl (C=O) groups is 1. The third kappa shape index (κ3) is 3.57. The Labute approximate surface area is 170 Å². The van der Waals surface area contributed by atoms with Crippen LogP contribution in [0, 0.1) is 6.92 Å². The SMILES string of the molecule is CCc1c(C(=O)O)c(-c2ccc(-c3ccccc3)cc2)nn1-c1cccc(C)c1. The lowest BCUT2D eigenvalue weighted by atomic mass is 10.0. The lowest BCUT2D eigenvalue weighted by Crippen LogP contribution is -2.05. The summed E-state index contributed by atoms with van der Waals surface area (Å²) in [6, 6.07) is 25.9. The van der Waals surface area contributed by atoms with Gasteiger partial charge in [-0.25, -0.2) is 9.48 Å². The van der Waals surface area contributed by atoms with Crippen molar-refractivity contribution in [3.05, 3.63) is 95.7 Å². The Morgan fingerprint density at radius 1 is 0.897 bits per heavy atom. The predicted octanol–water partition coefficient (Wildman–Crippen LogP) is 5.78. The molecule has 4 heteroatoms. The topological polar surface area (TPSA) is 55.1 Å². The van der Waals surface area contributed by atoms with Crippen LogP contribution in [0.2, 0.25) is 0 Å². The summed E-state index contributed by atoms with van der Waals surface area (Å²) >= 11 is 0. The van der Waals surface area contributed by atoms with Crippen molar-refractivity contribution in [2.24, 2.45) is 0 Å². The van der Waals surface area contributed by atoms with Gasteiger partial charge in [0.1, 0.15) is 11.3 Å². The van der Waals surface area contributed by atoms with Crippen LogP contribution in [-0.2, 0) is 6.42 Å². The maximum atomic E-state index is 12.1. The van der Waals surface area contributed by atoms with E-state index in [4.69, 9.17) is 5.10 Å². The van der Waals surface area contributed by atoms with E-state index in [0.29, 0.717) is 17.8 Å². The van der Waals surface area contributed by atoms with E-state index in [1.54, 1.807) is 4.68 Å². The maximum absolute atomic E-state index is 12.1. The minimum atomic E-state index is -0.956. The summed E-state index contributed by atoms with van der Waals surface area (Å²) in [5, 5.41) is 14.7. The summed E-state index contributed by atoms with van der Waals surface area (Å²) in [6.45, 7) is 3.97. The number of carboxylic acids is 1. The van der Waals surface area contributed by atoms with Crippen LogP contribution < -0.4 is 0 Å². The summed E-state index contributed by atoms with van der Waals surface area (Å²) in [5.41, 5.74) is 6.43. The molecule has 0 radical (unpaired) electrons. The normalized spacial score (nSPS) is 10.8.